The van der Waals surface area contributed by atoms with Crippen LogP contribution in [0.3, 0.4) is 0 Å². The molecule has 2 aromatic heterocycles. The zero-order valence-corrected chi connectivity index (χ0v) is 17.8. The van der Waals surface area contributed by atoms with Gasteiger partial charge in [0.2, 0.25) is 11.9 Å². The number of hydrogen-bond donors (Lipinski definition) is 1. The highest BCUT2D eigenvalue weighted by Crippen LogP contribution is 2.60. The SMILES string of the molecule is Cc1nc2nc(N)nn2c(C)c1CCC(=O)N(C)CC12CC3CC(CC(C3)C1)C2. The van der Waals surface area contributed by atoms with Crippen molar-refractivity contribution < 1.29 is 4.79 Å². The fraction of sp³-hybridized carbons (Fsp3) is 0.727. The Kier molecular flexibility index (Phi) is 4.33. The lowest BCUT2D eigenvalue weighted by Crippen LogP contribution is -2.51. The maximum atomic E-state index is 13.0. The molecule has 0 aromatic carbocycles. The highest BCUT2D eigenvalue weighted by atomic mass is 16.2. The molecule has 4 saturated carbocycles. The molecule has 0 aliphatic heterocycles. The summed E-state index contributed by atoms with van der Waals surface area (Å²) in [5, 5.41) is 4.22. The van der Waals surface area contributed by atoms with Crippen LogP contribution in [0.25, 0.3) is 5.78 Å². The van der Waals surface area contributed by atoms with E-state index >= 15 is 0 Å². The number of rotatable bonds is 5. The fourth-order valence-electron chi connectivity index (χ4n) is 7.08. The van der Waals surface area contributed by atoms with Crippen LogP contribution in [-0.4, -0.2) is 44.0 Å². The monoisotopic (exact) mass is 396 g/mol. The first-order valence-electron chi connectivity index (χ1n) is 11.0. The number of nitrogens with two attached hydrogens (primary N) is 1. The van der Waals surface area contributed by atoms with Crippen molar-refractivity contribution in [3.05, 3.63) is 17.0 Å². The minimum absolute atomic E-state index is 0.225. The van der Waals surface area contributed by atoms with Crippen molar-refractivity contribution in [2.24, 2.45) is 23.2 Å². The summed E-state index contributed by atoms with van der Waals surface area (Å²) < 4.78 is 1.68. The van der Waals surface area contributed by atoms with Gasteiger partial charge in [-0.15, -0.1) is 5.10 Å². The summed E-state index contributed by atoms with van der Waals surface area (Å²) in [5.41, 5.74) is 9.05. The first-order valence-corrected chi connectivity index (χ1v) is 11.0. The van der Waals surface area contributed by atoms with E-state index in [1.54, 1.807) is 4.52 Å². The molecular formula is C22H32N6O. The first-order chi connectivity index (χ1) is 13.8. The number of carbonyl (C=O) groups is 1. The molecular weight excluding hydrogens is 364 g/mol. The third-order valence-electron chi connectivity index (χ3n) is 7.82. The molecule has 7 heteroatoms. The fourth-order valence-corrected chi connectivity index (χ4v) is 7.08. The van der Waals surface area contributed by atoms with Crippen LogP contribution >= 0.6 is 0 Å². The first kappa shape index (κ1) is 18.8. The normalized spacial score (nSPS) is 30.2. The maximum Gasteiger partial charge on any atom is 0.254 e. The molecule has 4 aliphatic rings. The lowest BCUT2D eigenvalue weighted by atomic mass is 9.49. The number of aryl methyl sites for hydroxylation is 2. The van der Waals surface area contributed by atoms with Gasteiger partial charge in [0.25, 0.3) is 5.78 Å². The zero-order valence-electron chi connectivity index (χ0n) is 17.8. The molecule has 0 unspecified atom stereocenters. The minimum Gasteiger partial charge on any atom is -0.366 e. The van der Waals surface area contributed by atoms with Gasteiger partial charge in [-0.3, -0.25) is 4.79 Å². The average molecular weight is 397 g/mol. The summed E-state index contributed by atoms with van der Waals surface area (Å²) in [5.74, 6) is 3.74. The Labute approximate surface area is 172 Å². The van der Waals surface area contributed by atoms with Crippen LogP contribution in [0.2, 0.25) is 0 Å². The number of hydrogen-bond acceptors (Lipinski definition) is 5. The van der Waals surface area contributed by atoms with E-state index in [9.17, 15) is 4.79 Å². The van der Waals surface area contributed by atoms with Crippen LogP contribution in [0.5, 0.6) is 0 Å². The lowest BCUT2D eigenvalue weighted by molar-refractivity contribution is -0.135. The van der Waals surface area contributed by atoms with Crippen molar-refractivity contribution in [2.75, 3.05) is 19.3 Å². The molecule has 4 fully saturated rings. The van der Waals surface area contributed by atoms with Gasteiger partial charge < -0.3 is 10.6 Å². The second-order valence-electron chi connectivity index (χ2n) is 10.1. The van der Waals surface area contributed by atoms with Crippen molar-refractivity contribution in [1.82, 2.24) is 24.5 Å². The second kappa shape index (κ2) is 6.67. The molecule has 29 heavy (non-hydrogen) atoms. The second-order valence-corrected chi connectivity index (χ2v) is 10.1. The summed E-state index contributed by atoms with van der Waals surface area (Å²) in [6, 6.07) is 0. The number of carbonyl (C=O) groups excluding carboxylic acids is 1. The van der Waals surface area contributed by atoms with Gasteiger partial charge in [-0.25, -0.2) is 4.98 Å². The van der Waals surface area contributed by atoms with Gasteiger partial charge in [-0.1, -0.05) is 0 Å². The van der Waals surface area contributed by atoms with E-state index in [0.717, 1.165) is 41.2 Å². The topological polar surface area (TPSA) is 89.4 Å². The van der Waals surface area contributed by atoms with Crippen molar-refractivity contribution in [3.63, 3.8) is 0 Å². The number of anilines is 1. The molecule has 1 amide bonds. The van der Waals surface area contributed by atoms with E-state index in [0.29, 0.717) is 24.0 Å². The van der Waals surface area contributed by atoms with Gasteiger partial charge in [0.15, 0.2) is 0 Å². The zero-order chi connectivity index (χ0) is 20.3. The molecule has 7 nitrogen and oxygen atoms in total. The molecule has 0 saturated heterocycles. The standard InChI is InChI=1S/C22H32N6O/c1-13-18(14(2)28-21(24-13)25-20(23)26-28)4-5-19(29)27(3)12-22-9-15-6-16(10-22)8-17(7-15)11-22/h15-17H,4-12H2,1-3H3,(H2,23,26). The summed E-state index contributed by atoms with van der Waals surface area (Å²) >= 11 is 0. The Bertz CT molecular complexity index is 929. The summed E-state index contributed by atoms with van der Waals surface area (Å²) in [4.78, 5) is 23.7. The van der Waals surface area contributed by atoms with Crippen molar-refractivity contribution in [3.8, 4) is 0 Å². The Balaban J connectivity index is 1.26. The lowest BCUT2D eigenvalue weighted by Gasteiger charge is -2.57. The van der Waals surface area contributed by atoms with Gasteiger partial charge >= 0.3 is 0 Å². The van der Waals surface area contributed by atoms with Crippen LogP contribution in [0.4, 0.5) is 5.95 Å². The van der Waals surface area contributed by atoms with Gasteiger partial charge in [0.05, 0.1) is 0 Å². The molecule has 4 aliphatic carbocycles. The highest BCUT2D eigenvalue weighted by molar-refractivity contribution is 5.76. The molecule has 0 atom stereocenters. The van der Waals surface area contributed by atoms with Crippen molar-refractivity contribution in [2.45, 2.75) is 65.2 Å². The molecule has 2 N–H and O–H groups in total. The van der Waals surface area contributed by atoms with Gasteiger partial charge in [-0.05, 0) is 87.5 Å². The third kappa shape index (κ3) is 3.28. The van der Waals surface area contributed by atoms with Crippen LogP contribution in [0, 0.1) is 37.0 Å². The molecule has 6 rings (SSSR count). The molecule has 2 aromatic rings. The Morgan fingerprint density at radius 3 is 2.38 bits per heavy atom. The van der Waals surface area contributed by atoms with E-state index in [2.05, 4.69) is 15.1 Å². The van der Waals surface area contributed by atoms with Crippen LogP contribution < -0.4 is 5.73 Å². The number of nitrogens with zero attached hydrogens (tertiary/aromatic N) is 5. The van der Waals surface area contributed by atoms with E-state index in [1.165, 1.54) is 38.5 Å². The third-order valence-corrected chi connectivity index (χ3v) is 7.82. The summed E-state index contributed by atoms with van der Waals surface area (Å²) in [7, 11) is 2.00. The number of amides is 1. The van der Waals surface area contributed by atoms with E-state index < -0.39 is 0 Å². The van der Waals surface area contributed by atoms with E-state index in [-0.39, 0.29) is 11.9 Å². The van der Waals surface area contributed by atoms with Crippen LogP contribution in [-0.2, 0) is 11.2 Å². The maximum absolute atomic E-state index is 13.0. The van der Waals surface area contributed by atoms with E-state index in [1.807, 2.05) is 25.8 Å². The molecule has 2 heterocycles. The predicted octanol–water partition coefficient (Wildman–Crippen LogP) is 2.93. The molecule has 156 valence electrons. The summed E-state index contributed by atoms with van der Waals surface area (Å²) in [6.07, 6.45) is 9.51. The van der Waals surface area contributed by atoms with Crippen molar-refractivity contribution >= 4 is 17.6 Å². The Morgan fingerprint density at radius 2 is 1.76 bits per heavy atom. The smallest absolute Gasteiger partial charge is 0.254 e. The molecule has 0 radical (unpaired) electrons. The Morgan fingerprint density at radius 1 is 1.14 bits per heavy atom. The average Bonchev–Trinajstić information content (AvgIpc) is 3.00. The summed E-state index contributed by atoms with van der Waals surface area (Å²) in [6.45, 7) is 4.90. The van der Waals surface area contributed by atoms with Gasteiger partial charge in [-0.2, -0.15) is 9.50 Å². The minimum atomic E-state index is 0.225. The van der Waals surface area contributed by atoms with Gasteiger partial charge in [0.1, 0.15) is 0 Å². The Hall–Kier alpha value is -2.18. The predicted molar refractivity (Wildman–Crippen MR) is 111 cm³/mol. The molecule has 4 bridgehead atoms. The number of nitrogen functional groups attached to an aromatic ring is 1. The van der Waals surface area contributed by atoms with Gasteiger partial charge in [0, 0.05) is 31.4 Å². The number of fused-ring (bicyclic) bond motifs is 1. The quantitative estimate of drug-likeness (QED) is 0.839. The van der Waals surface area contributed by atoms with Crippen molar-refractivity contribution in [1.29, 1.82) is 0 Å². The highest BCUT2D eigenvalue weighted by Gasteiger charge is 2.51. The number of aromatic nitrogens is 4. The van der Waals surface area contributed by atoms with E-state index in [4.69, 9.17) is 5.73 Å². The van der Waals surface area contributed by atoms with Crippen LogP contribution in [0.15, 0.2) is 0 Å². The largest absolute Gasteiger partial charge is 0.366 e. The molecule has 0 spiro atoms. The van der Waals surface area contributed by atoms with Crippen LogP contribution in [0.1, 0.15) is 61.9 Å².